The van der Waals surface area contributed by atoms with Gasteiger partial charge >= 0.3 is 0 Å². The van der Waals surface area contributed by atoms with Crippen LogP contribution < -0.4 is 11.1 Å². The molecule has 1 aromatic carbocycles. The van der Waals surface area contributed by atoms with Crippen LogP contribution in [0.1, 0.15) is 29.0 Å². The molecule has 0 bridgehead atoms. The van der Waals surface area contributed by atoms with E-state index >= 15 is 0 Å². The number of carbonyl (C=O) groups is 1. The van der Waals surface area contributed by atoms with Crippen molar-refractivity contribution >= 4 is 11.7 Å². The molecule has 17 heavy (non-hydrogen) atoms. The SMILES string of the molecule is C[C@H](NC(=O)c1nonc1N)c1ccccc1. The molecule has 2 aromatic rings. The maximum atomic E-state index is 11.8. The molecule has 1 amide bonds. The predicted molar refractivity (Wildman–Crippen MR) is 61.0 cm³/mol. The van der Waals surface area contributed by atoms with Crippen molar-refractivity contribution in [1.29, 1.82) is 0 Å². The van der Waals surface area contributed by atoms with E-state index in [1.807, 2.05) is 37.3 Å². The highest BCUT2D eigenvalue weighted by Gasteiger charge is 2.18. The maximum absolute atomic E-state index is 11.8. The Kier molecular flexibility index (Phi) is 3.04. The zero-order chi connectivity index (χ0) is 12.3. The van der Waals surface area contributed by atoms with Crippen molar-refractivity contribution in [2.75, 3.05) is 5.73 Å². The summed E-state index contributed by atoms with van der Waals surface area (Å²) in [6, 6.07) is 9.44. The highest BCUT2D eigenvalue weighted by Crippen LogP contribution is 2.13. The molecular weight excluding hydrogens is 220 g/mol. The topological polar surface area (TPSA) is 94.0 Å². The molecule has 2 rings (SSSR count). The minimum atomic E-state index is -0.403. The molecule has 0 aliphatic rings. The average molecular weight is 232 g/mol. The first-order valence-electron chi connectivity index (χ1n) is 5.12. The smallest absolute Gasteiger partial charge is 0.277 e. The van der Waals surface area contributed by atoms with Gasteiger partial charge in [-0.25, -0.2) is 4.63 Å². The fraction of sp³-hybridized carbons (Fsp3) is 0.182. The Labute approximate surface area is 97.8 Å². The lowest BCUT2D eigenvalue weighted by Gasteiger charge is -2.12. The van der Waals surface area contributed by atoms with E-state index in [2.05, 4.69) is 20.3 Å². The van der Waals surface area contributed by atoms with Crippen LogP contribution in [0.3, 0.4) is 0 Å². The van der Waals surface area contributed by atoms with Crippen LogP contribution in [0.2, 0.25) is 0 Å². The van der Waals surface area contributed by atoms with E-state index in [1.165, 1.54) is 0 Å². The van der Waals surface area contributed by atoms with Crippen molar-refractivity contribution in [2.24, 2.45) is 0 Å². The molecule has 0 radical (unpaired) electrons. The molecule has 0 saturated heterocycles. The van der Waals surface area contributed by atoms with Gasteiger partial charge in [-0.3, -0.25) is 4.79 Å². The van der Waals surface area contributed by atoms with Gasteiger partial charge in [-0.2, -0.15) is 0 Å². The summed E-state index contributed by atoms with van der Waals surface area (Å²) in [5.74, 6) is -0.414. The van der Waals surface area contributed by atoms with Crippen LogP contribution >= 0.6 is 0 Å². The Bertz CT molecular complexity index is 509. The number of anilines is 1. The third-order valence-electron chi connectivity index (χ3n) is 2.38. The molecule has 0 unspecified atom stereocenters. The maximum Gasteiger partial charge on any atom is 0.277 e. The molecule has 0 aliphatic carbocycles. The van der Waals surface area contributed by atoms with E-state index in [0.717, 1.165) is 5.56 Å². The van der Waals surface area contributed by atoms with Crippen LogP contribution in [0.4, 0.5) is 5.82 Å². The Morgan fingerprint density at radius 2 is 2.06 bits per heavy atom. The number of nitrogens with two attached hydrogens (primary N) is 1. The van der Waals surface area contributed by atoms with Gasteiger partial charge in [0.05, 0.1) is 6.04 Å². The Morgan fingerprint density at radius 3 is 2.65 bits per heavy atom. The van der Waals surface area contributed by atoms with E-state index in [4.69, 9.17) is 5.73 Å². The van der Waals surface area contributed by atoms with Gasteiger partial charge in [-0.05, 0) is 22.8 Å². The largest absolute Gasteiger partial charge is 0.379 e. The third-order valence-corrected chi connectivity index (χ3v) is 2.38. The number of hydrogen-bond donors (Lipinski definition) is 2. The van der Waals surface area contributed by atoms with Gasteiger partial charge in [0.25, 0.3) is 5.91 Å². The van der Waals surface area contributed by atoms with E-state index in [1.54, 1.807) is 0 Å². The summed E-state index contributed by atoms with van der Waals surface area (Å²) in [6.07, 6.45) is 0. The molecule has 6 nitrogen and oxygen atoms in total. The number of hydrogen-bond acceptors (Lipinski definition) is 5. The van der Waals surface area contributed by atoms with E-state index < -0.39 is 5.91 Å². The summed E-state index contributed by atoms with van der Waals surface area (Å²) in [6.45, 7) is 1.87. The molecule has 0 saturated carbocycles. The number of rotatable bonds is 3. The summed E-state index contributed by atoms with van der Waals surface area (Å²) in [5, 5.41) is 9.55. The second kappa shape index (κ2) is 4.65. The zero-order valence-corrected chi connectivity index (χ0v) is 9.25. The van der Waals surface area contributed by atoms with Gasteiger partial charge in [0, 0.05) is 0 Å². The first-order chi connectivity index (χ1) is 8.18. The Balaban J connectivity index is 2.08. The predicted octanol–water partition coefficient (Wildman–Crippen LogP) is 1.14. The van der Waals surface area contributed by atoms with Crippen molar-refractivity contribution < 1.29 is 9.42 Å². The fourth-order valence-electron chi connectivity index (χ4n) is 1.44. The van der Waals surface area contributed by atoms with Crippen molar-refractivity contribution in [3.05, 3.63) is 41.6 Å². The van der Waals surface area contributed by atoms with Crippen molar-refractivity contribution in [1.82, 2.24) is 15.6 Å². The average Bonchev–Trinajstić information content (AvgIpc) is 2.76. The summed E-state index contributed by atoms with van der Waals surface area (Å²) < 4.78 is 4.37. The molecule has 3 N–H and O–H groups in total. The standard InChI is InChI=1S/C11H12N4O2/c1-7(8-5-3-2-4-6-8)13-11(16)9-10(12)15-17-14-9/h2-7H,1H3,(H2,12,15)(H,13,16)/t7-/m0/s1. The van der Waals surface area contributed by atoms with Gasteiger partial charge in [0.15, 0.2) is 0 Å². The Hall–Kier alpha value is -2.37. The van der Waals surface area contributed by atoms with Gasteiger partial charge in [-0.1, -0.05) is 30.3 Å². The van der Waals surface area contributed by atoms with Crippen LogP contribution in [0.25, 0.3) is 0 Å². The summed E-state index contributed by atoms with van der Waals surface area (Å²) >= 11 is 0. The van der Waals surface area contributed by atoms with Crippen LogP contribution in [0.15, 0.2) is 35.0 Å². The number of nitrogen functional groups attached to an aromatic ring is 1. The number of aromatic nitrogens is 2. The number of nitrogens with zero attached hydrogens (tertiary/aromatic N) is 2. The fourth-order valence-corrected chi connectivity index (χ4v) is 1.44. The number of amides is 1. The second-order valence-electron chi connectivity index (χ2n) is 3.60. The monoisotopic (exact) mass is 232 g/mol. The quantitative estimate of drug-likeness (QED) is 0.827. The minimum absolute atomic E-state index is 0.00720. The highest BCUT2D eigenvalue weighted by molar-refractivity contribution is 5.96. The molecule has 1 aromatic heterocycles. The molecule has 1 heterocycles. The first-order valence-corrected chi connectivity index (χ1v) is 5.12. The molecule has 0 fully saturated rings. The van der Waals surface area contributed by atoms with E-state index in [-0.39, 0.29) is 17.6 Å². The number of nitrogens with one attached hydrogen (secondary N) is 1. The van der Waals surface area contributed by atoms with E-state index in [9.17, 15) is 4.79 Å². The molecular formula is C11H12N4O2. The van der Waals surface area contributed by atoms with Gasteiger partial charge < -0.3 is 11.1 Å². The summed E-state index contributed by atoms with van der Waals surface area (Å²) in [5.41, 5.74) is 6.43. The molecule has 0 aliphatic heterocycles. The lowest BCUT2D eigenvalue weighted by atomic mass is 10.1. The van der Waals surface area contributed by atoms with Gasteiger partial charge in [0.2, 0.25) is 11.5 Å². The van der Waals surface area contributed by atoms with Crippen LogP contribution in [-0.2, 0) is 0 Å². The van der Waals surface area contributed by atoms with Gasteiger partial charge in [0.1, 0.15) is 0 Å². The van der Waals surface area contributed by atoms with Crippen LogP contribution in [-0.4, -0.2) is 16.2 Å². The van der Waals surface area contributed by atoms with E-state index in [0.29, 0.717) is 0 Å². The second-order valence-corrected chi connectivity index (χ2v) is 3.60. The lowest BCUT2D eigenvalue weighted by Crippen LogP contribution is -2.27. The lowest BCUT2D eigenvalue weighted by molar-refractivity contribution is 0.0930. The van der Waals surface area contributed by atoms with Crippen LogP contribution in [0, 0.1) is 0 Å². The zero-order valence-electron chi connectivity index (χ0n) is 9.25. The van der Waals surface area contributed by atoms with Crippen molar-refractivity contribution in [3.63, 3.8) is 0 Å². The first kappa shape index (κ1) is 11.1. The number of benzene rings is 1. The molecule has 0 spiro atoms. The van der Waals surface area contributed by atoms with Gasteiger partial charge in [-0.15, -0.1) is 0 Å². The summed E-state index contributed by atoms with van der Waals surface area (Å²) in [4.78, 5) is 11.8. The molecule has 6 heteroatoms. The molecule has 88 valence electrons. The highest BCUT2D eigenvalue weighted by atomic mass is 16.6. The number of carbonyl (C=O) groups excluding carboxylic acids is 1. The third kappa shape index (κ3) is 2.41. The minimum Gasteiger partial charge on any atom is -0.379 e. The molecule has 1 atom stereocenters. The normalized spacial score (nSPS) is 12.1. The summed E-state index contributed by atoms with van der Waals surface area (Å²) in [7, 11) is 0. The van der Waals surface area contributed by atoms with Crippen molar-refractivity contribution in [3.8, 4) is 0 Å². The Morgan fingerprint density at radius 1 is 1.35 bits per heavy atom. The van der Waals surface area contributed by atoms with Crippen molar-refractivity contribution in [2.45, 2.75) is 13.0 Å². The van der Waals surface area contributed by atoms with Crippen LogP contribution in [0.5, 0.6) is 0 Å².